The van der Waals surface area contributed by atoms with E-state index in [2.05, 4.69) is 5.32 Å². The molecule has 0 aliphatic carbocycles. The molecule has 105 valence electrons. The predicted molar refractivity (Wildman–Crippen MR) is 78.3 cm³/mol. The second kappa shape index (κ2) is 5.50. The fraction of sp³-hybridized carbons (Fsp3) is 0.176. The zero-order valence-electron chi connectivity index (χ0n) is 11.6. The van der Waals surface area contributed by atoms with Crippen LogP contribution in [-0.4, -0.2) is 25.4 Å². The Morgan fingerprint density at radius 2 is 1.76 bits per heavy atom. The summed E-state index contributed by atoms with van der Waals surface area (Å²) in [5.74, 6) is -1.60. The summed E-state index contributed by atoms with van der Waals surface area (Å²) >= 11 is 0. The number of benzene rings is 2. The summed E-state index contributed by atoms with van der Waals surface area (Å²) in [7, 11) is 1.44. The first-order chi connectivity index (χ1) is 10.2. The highest BCUT2D eigenvalue weighted by Crippen LogP contribution is 2.38. The maximum Gasteiger partial charge on any atom is 0.261 e. The van der Waals surface area contributed by atoms with Crippen LogP contribution in [0.15, 0.2) is 48.5 Å². The smallest absolute Gasteiger partial charge is 0.261 e. The van der Waals surface area contributed by atoms with Crippen molar-refractivity contribution < 1.29 is 14.3 Å². The van der Waals surface area contributed by atoms with E-state index < -0.39 is 11.8 Å². The van der Waals surface area contributed by atoms with E-state index in [1.165, 1.54) is 7.11 Å². The van der Waals surface area contributed by atoms with Crippen LogP contribution in [0.1, 0.15) is 11.5 Å². The van der Waals surface area contributed by atoms with Gasteiger partial charge in [-0.2, -0.15) is 0 Å². The molecule has 0 aromatic heterocycles. The molecule has 21 heavy (non-hydrogen) atoms. The topological polar surface area (TPSA) is 57.5 Å². The monoisotopic (exact) mass is 280 g/mol. The second-order valence-electron chi connectivity index (χ2n) is 4.89. The van der Waals surface area contributed by atoms with Gasteiger partial charge in [-0.05, 0) is 17.2 Å². The van der Waals surface area contributed by atoms with Crippen molar-refractivity contribution in [2.45, 2.75) is 5.92 Å². The average Bonchev–Trinajstić information content (AvgIpc) is 2.61. The Bertz CT molecular complexity index is 709. The lowest BCUT2D eigenvalue weighted by Crippen LogP contribution is -2.28. The number of hydrogen-bond donors (Lipinski definition) is 0. The number of hydrogen-bond acceptors (Lipinski definition) is 3. The van der Waals surface area contributed by atoms with Gasteiger partial charge in [0.2, 0.25) is 0 Å². The zero-order valence-corrected chi connectivity index (χ0v) is 11.6. The largest absolute Gasteiger partial charge is 0.377 e. The molecule has 0 saturated heterocycles. The molecule has 1 heterocycles. The van der Waals surface area contributed by atoms with Crippen LogP contribution in [0.2, 0.25) is 0 Å². The Kier molecular flexibility index (Phi) is 3.54. The summed E-state index contributed by atoms with van der Waals surface area (Å²) in [6.45, 7) is -0.101. The molecule has 1 amide bonds. The molecule has 1 radical (unpaired) electrons. The number of fused-ring (bicyclic) bond motifs is 3. The molecule has 4 heteroatoms. The molecule has 1 aliphatic heterocycles. The molecule has 2 aromatic rings. The van der Waals surface area contributed by atoms with Crippen molar-refractivity contribution in [2.75, 3.05) is 13.7 Å². The van der Waals surface area contributed by atoms with Gasteiger partial charge in [-0.25, -0.2) is 5.32 Å². The van der Waals surface area contributed by atoms with Crippen molar-refractivity contribution in [1.29, 1.82) is 0 Å². The van der Waals surface area contributed by atoms with Crippen molar-refractivity contribution in [3.8, 4) is 11.1 Å². The number of ether oxygens (including phenoxy) is 1. The minimum atomic E-state index is -0.895. The number of amides is 1. The van der Waals surface area contributed by atoms with Gasteiger partial charge in [-0.3, -0.25) is 9.59 Å². The third kappa shape index (κ3) is 2.34. The minimum Gasteiger partial charge on any atom is -0.377 e. The van der Waals surface area contributed by atoms with Gasteiger partial charge in [0.1, 0.15) is 12.5 Å². The lowest BCUT2D eigenvalue weighted by Gasteiger charge is -2.14. The Balaban J connectivity index is 2.20. The van der Waals surface area contributed by atoms with Crippen molar-refractivity contribution in [2.24, 2.45) is 0 Å². The lowest BCUT2D eigenvalue weighted by atomic mass is 9.88. The number of para-hydroxylation sites is 1. The summed E-state index contributed by atoms with van der Waals surface area (Å²) in [4.78, 5) is 24.7. The van der Waals surface area contributed by atoms with E-state index in [1.54, 1.807) is 6.07 Å². The summed E-state index contributed by atoms with van der Waals surface area (Å²) in [5, 5.41) is 4.12. The molecular formula is C17H14NO3. The molecule has 1 atom stereocenters. The first-order valence-corrected chi connectivity index (χ1v) is 6.68. The predicted octanol–water partition coefficient (Wildman–Crippen LogP) is 2.43. The first-order valence-electron chi connectivity index (χ1n) is 6.68. The fourth-order valence-corrected chi connectivity index (χ4v) is 2.65. The Hall–Kier alpha value is -2.46. The molecule has 4 nitrogen and oxygen atoms in total. The number of carbonyl (C=O) groups is 2. The van der Waals surface area contributed by atoms with Gasteiger partial charge in [-0.1, -0.05) is 42.5 Å². The SMILES string of the molecule is COCC(=O)C1C(=O)[N]c2ccccc2-c2ccccc21. The van der Waals surface area contributed by atoms with E-state index in [1.807, 2.05) is 42.5 Å². The number of Topliss-reactive ketones (excluding diaryl/α,β-unsaturated/α-hetero) is 1. The highest BCUT2D eigenvalue weighted by atomic mass is 16.5. The van der Waals surface area contributed by atoms with Crippen molar-refractivity contribution in [1.82, 2.24) is 5.32 Å². The fourth-order valence-electron chi connectivity index (χ4n) is 2.65. The van der Waals surface area contributed by atoms with Crippen LogP contribution in [0.3, 0.4) is 0 Å². The molecule has 1 aliphatic rings. The van der Waals surface area contributed by atoms with E-state index in [9.17, 15) is 9.59 Å². The van der Waals surface area contributed by atoms with Gasteiger partial charge in [0, 0.05) is 12.7 Å². The van der Waals surface area contributed by atoms with Crippen molar-refractivity contribution in [3.05, 3.63) is 54.1 Å². The number of rotatable bonds is 3. The summed E-state index contributed by atoms with van der Waals surface area (Å²) in [6.07, 6.45) is 0. The molecule has 0 bridgehead atoms. The molecule has 2 aromatic carbocycles. The Labute approximate surface area is 122 Å². The van der Waals surface area contributed by atoms with Gasteiger partial charge in [0.05, 0.1) is 5.69 Å². The third-order valence-corrected chi connectivity index (χ3v) is 3.55. The maximum atomic E-state index is 12.4. The van der Waals surface area contributed by atoms with Crippen LogP contribution in [0.4, 0.5) is 5.69 Å². The summed E-state index contributed by atoms with van der Waals surface area (Å²) in [6, 6.07) is 14.9. The van der Waals surface area contributed by atoms with Gasteiger partial charge < -0.3 is 4.74 Å². The minimum absolute atomic E-state index is 0.101. The van der Waals surface area contributed by atoms with E-state index >= 15 is 0 Å². The number of ketones is 1. The molecule has 0 saturated carbocycles. The Morgan fingerprint density at radius 1 is 1.10 bits per heavy atom. The third-order valence-electron chi connectivity index (χ3n) is 3.55. The first kappa shape index (κ1) is 13.5. The van der Waals surface area contributed by atoms with Gasteiger partial charge in [0.25, 0.3) is 5.91 Å². The van der Waals surface area contributed by atoms with Crippen LogP contribution in [0.5, 0.6) is 0 Å². The van der Waals surface area contributed by atoms with E-state index in [0.29, 0.717) is 11.3 Å². The highest BCUT2D eigenvalue weighted by molar-refractivity contribution is 6.11. The average molecular weight is 280 g/mol. The van der Waals surface area contributed by atoms with Crippen LogP contribution in [0.25, 0.3) is 11.1 Å². The molecule has 1 unspecified atom stereocenters. The van der Waals surface area contributed by atoms with Crippen LogP contribution in [0, 0.1) is 0 Å². The van der Waals surface area contributed by atoms with E-state index in [4.69, 9.17) is 4.74 Å². The van der Waals surface area contributed by atoms with Crippen LogP contribution < -0.4 is 5.32 Å². The van der Waals surface area contributed by atoms with Gasteiger partial charge in [-0.15, -0.1) is 0 Å². The lowest BCUT2D eigenvalue weighted by molar-refractivity contribution is -0.132. The van der Waals surface area contributed by atoms with Crippen LogP contribution >= 0.6 is 0 Å². The van der Waals surface area contributed by atoms with Crippen molar-refractivity contribution >= 4 is 17.4 Å². The Morgan fingerprint density at radius 3 is 2.52 bits per heavy atom. The van der Waals surface area contributed by atoms with E-state index in [0.717, 1.165) is 11.1 Å². The van der Waals surface area contributed by atoms with Crippen LogP contribution in [-0.2, 0) is 14.3 Å². The highest BCUT2D eigenvalue weighted by Gasteiger charge is 2.34. The van der Waals surface area contributed by atoms with Gasteiger partial charge in [0.15, 0.2) is 5.78 Å². The number of methoxy groups -OCH3 is 1. The number of carbonyl (C=O) groups excluding carboxylic acids is 2. The zero-order chi connectivity index (χ0) is 14.8. The number of nitrogens with zero attached hydrogens (tertiary/aromatic N) is 1. The quantitative estimate of drug-likeness (QED) is 0.811. The second-order valence-corrected chi connectivity index (χ2v) is 4.89. The standard InChI is InChI=1S/C17H14NO3/c1-21-10-15(19)16-13-8-3-2-6-11(13)12-7-4-5-9-14(12)18-17(16)20/h2-9,16H,10H2,1H3. The molecule has 0 N–H and O–H groups in total. The summed E-state index contributed by atoms with van der Waals surface area (Å²) < 4.78 is 4.89. The molecule has 0 fully saturated rings. The van der Waals surface area contributed by atoms with Gasteiger partial charge >= 0.3 is 0 Å². The molecule has 3 rings (SSSR count). The maximum absolute atomic E-state index is 12.4. The van der Waals surface area contributed by atoms with E-state index in [-0.39, 0.29) is 12.4 Å². The van der Waals surface area contributed by atoms with Crippen molar-refractivity contribution in [3.63, 3.8) is 0 Å². The normalized spacial score (nSPS) is 16.4. The summed E-state index contributed by atoms with van der Waals surface area (Å²) in [5.41, 5.74) is 3.03. The molecular weight excluding hydrogens is 266 g/mol. The molecule has 0 spiro atoms.